The Morgan fingerprint density at radius 2 is 1.75 bits per heavy atom. The zero-order valence-electron chi connectivity index (χ0n) is 20.1. The monoisotopic (exact) mass is 456 g/mol. The summed E-state index contributed by atoms with van der Waals surface area (Å²) >= 11 is 1.58. The standard InChI is InChI=1S/C26H36N2O3S/c1-7-23(25(30)27-26(3,4)5)28(16-20-12-14-22(31-6)15-13-20)24(29)18-32-17-21-11-9-8-10-19(21)2/h8-15,23H,7,16-18H2,1-6H3,(H,27,30)/t23-/m1/s1. The first-order valence-electron chi connectivity index (χ1n) is 11.0. The van der Waals surface area contributed by atoms with Crippen LogP contribution < -0.4 is 10.1 Å². The molecule has 0 aliphatic rings. The Kier molecular flexibility index (Phi) is 9.63. The third kappa shape index (κ3) is 7.90. The number of carbonyl (C=O) groups excluding carboxylic acids is 2. The van der Waals surface area contributed by atoms with Crippen LogP contribution in [-0.4, -0.2) is 41.2 Å². The van der Waals surface area contributed by atoms with Crippen molar-refractivity contribution in [1.82, 2.24) is 10.2 Å². The average Bonchev–Trinajstić information content (AvgIpc) is 2.74. The maximum absolute atomic E-state index is 13.3. The Morgan fingerprint density at radius 1 is 1.09 bits per heavy atom. The number of hydrogen-bond donors (Lipinski definition) is 1. The molecule has 2 rings (SSSR count). The van der Waals surface area contributed by atoms with Crippen molar-refractivity contribution in [1.29, 1.82) is 0 Å². The first-order chi connectivity index (χ1) is 15.1. The molecular formula is C26H36N2O3S. The van der Waals surface area contributed by atoms with Gasteiger partial charge in [0.05, 0.1) is 12.9 Å². The van der Waals surface area contributed by atoms with Crippen molar-refractivity contribution in [3.63, 3.8) is 0 Å². The lowest BCUT2D eigenvalue weighted by molar-refractivity contribution is -0.140. The van der Waals surface area contributed by atoms with E-state index in [0.29, 0.717) is 18.7 Å². The van der Waals surface area contributed by atoms with Crippen molar-refractivity contribution in [2.24, 2.45) is 0 Å². The maximum Gasteiger partial charge on any atom is 0.243 e. The highest BCUT2D eigenvalue weighted by Gasteiger charge is 2.30. The molecule has 0 heterocycles. The molecule has 1 N–H and O–H groups in total. The molecule has 2 amide bonds. The number of benzene rings is 2. The second-order valence-electron chi connectivity index (χ2n) is 8.95. The van der Waals surface area contributed by atoms with Crippen LogP contribution in [0.2, 0.25) is 0 Å². The fourth-order valence-electron chi connectivity index (χ4n) is 3.40. The molecule has 1 atom stereocenters. The van der Waals surface area contributed by atoms with Gasteiger partial charge in [0.2, 0.25) is 11.8 Å². The summed E-state index contributed by atoms with van der Waals surface area (Å²) in [5.74, 6) is 1.70. The number of nitrogens with zero attached hydrogens (tertiary/aromatic N) is 1. The van der Waals surface area contributed by atoms with Crippen molar-refractivity contribution >= 4 is 23.6 Å². The number of hydrogen-bond acceptors (Lipinski definition) is 4. The Balaban J connectivity index is 2.17. The van der Waals surface area contributed by atoms with E-state index in [1.807, 2.05) is 64.1 Å². The lowest BCUT2D eigenvalue weighted by Gasteiger charge is -2.33. The second kappa shape index (κ2) is 12.0. The van der Waals surface area contributed by atoms with Crippen molar-refractivity contribution < 1.29 is 14.3 Å². The van der Waals surface area contributed by atoms with Gasteiger partial charge in [-0.1, -0.05) is 43.3 Å². The lowest BCUT2D eigenvalue weighted by atomic mass is 10.1. The molecule has 2 aromatic rings. The SMILES string of the molecule is CC[C@H](C(=O)NC(C)(C)C)N(Cc1ccc(OC)cc1)C(=O)CSCc1ccccc1C. The lowest BCUT2D eigenvalue weighted by Crippen LogP contribution is -2.53. The molecule has 32 heavy (non-hydrogen) atoms. The van der Waals surface area contributed by atoms with Gasteiger partial charge in [-0.3, -0.25) is 9.59 Å². The van der Waals surface area contributed by atoms with E-state index in [-0.39, 0.29) is 17.4 Å². The predicted octanol–water partition coefficient (Wildman–Crippen LogP) is 4.96. The highest BCUT2D eigenvalue weighted by atomic mass is 32.2. The molecule has 0 aromatic heterocycles. The van der Waals surface area contributed by atoms with Crippen LogP contribution in [-0.2, 0) is 21.9 Å². The second-order valence-corrected chi connectivity index (χ2v) is 9.94. The third-order valence-electron chi connectivity index (χ3n) is 5.14. The molecule has 0 unspecified atom stereocenters. The van der Waals surface area contributed by atoms with Gasteiger partial charge in [0, 0.05) is 17.8 Å². The van der Waals surface area contributed by atoms with Crippen LogP contribution >= 0.6 is 11.8 Å². The highest BCUT2D eigenvalue weighted by molar-refractivity contribution is 7.99. The molecule has 6 heteroatoms. The molecule has 2 aromatic carbocycles. The van der Waals surface area contributed by atoms with Crippen molar-refractivity contribution in [3.8, 4) is 5.75 Å². The Bertz CT molecular complexity index is 891. The first-order valence-corrected chi connectivity index (χ1v) is 12.2. The van der Waals surface area contributed by atoms with Crippen LogP contribution in [0, 0.1) is 6.92 Å². The van der Waals surface area contributed by atoms with Gasteiger partial charge in [-0.05, 0) is 62.9 Å². The summed E-state index contributed by atoms with van der Waals surface area (Å²) in [6.07, 6.45) is 0.548. The summed E-state index contributed by atoms with van der Waals surface area (Å²) in [6, 6.07) is 15.3. The molecule has 174 valence electrons. The fraction of sp³-hybridized carbons (Fsp3) is 0.462. The molecule has 0 saturated carbocycles. The van der Waals surface area contributed by atoms with Gasteiger partial charge in [-0.2, -0.15) is 0 Å². The molecule has 0 saturated heterocycles. The highest BCUT2D eigenvalue weighted by Crippen LogP contribution is 2.20. The van der Waals surface area contributed by atoms with Gasteiger partial charge in [-0.25, -0.2) is 0 Å². The summed E-state index contributed by atoms with van der Waals surface area (Å²) < 4.78 is 5.24. The summed E-state index contributed by atoms with van der Waals surface area (Å²) in [7, 11) is 1.63. The number of aryl methyl sites for hydroxylation is 1. The van der Waals surface area contributed by atoms with Gasteiger partial charge in [0.1, 0.15) is 11.8 Å². The van der Waals surface area contributed by atoms with E-state index in [1.165, 1.54) is 11.1 Å². The van der Waals surface area contributed by atoms with E-state index >= 15 is 0 Å². The normalized spacial score (nSPS) is 12.2. The summed E-state index contributed by atoms with van der Waals surface area (Å²) in [4.78, 5) is 28.1. The van der Waals surface area contributed by atoms with Gasteiger partial charge >= 0.3 is 0 Å². The quantitative estimate of drug-likeness (QED) is 0.549. The Hall–Kier alpha value is -2.47. The number of rotatable bonds is 10. The minimum Gasteiger partial charge on any atom is -0.497 e. The first kappa shape index (κ1) is 25.8. The number of methoxy groups -OCH3 is 1. The number of ether oxygens (including phenoxy) is 1. The van der Waals surface area contributed by atoms with Gasteiger partial charge < -0.3 is 15.0 Å². The summed E-state index contributed by atoms with van der Waals surface area (Å²) in [6.45, 7) is 10.3. The van der Waals surface area contributed by atoms with E-state index in [4.69, 9.17) is 4.74 Å². The zero-order chi connectivity index (χ0) is 23.7. The topological polar surface area (TPSA) is 58.6 Å². The number of nitrogens with one attached hydrogen (secondary N) is 1. The van der Waals surface area contributed by atoms with E-state index in [0.717, 1.165) is 17.1 Å². The van der Waals surface area contributed by atoms with Crippen molar-refractivity contribution in [2.75, 3.05) is 12.9 Å². The molecule has 0 aliphatic heterocycles. The predicted molar refractivity (Wildman–Crippen MR) is 133 cm³/mol. The van der Waals surface area contributed by atoms with Gasteiger partial charge in [-0.15, -0.1) is 11.8 Å². The van der Waals surface area contributed by atoms with E-state index in [1.54, 1.807) is 23.8 Å². The van der Waals surface area contributed by atoms with E-state index in [2.05, 4.69) is 24.4 Å². The smallest absolute Gasteiger partial charge is 0.243 e. The average molecular weight is 457 g/mol. The number of amides is 2. The third-order valence-corrected chi connectivity index (χ3v) is 6.11. The molecule has 5 nitrogen and oxygen atoms in total. The van der Waals surface area contributed by atoms with Crippen LogP contribution in [0.4, 0.5) is 0 Å². The largest absolute Gasteiger partial charge is 0.497 e. The van der Waals surface area contributed by atoms with Crippen LogP contribution in [0.5, 0.6) is 5.75 Å². The Labute approximate surface area is 196 Å². The molecule has 0 fully saturated rings. The minimum atomic E-state index is -0.525. The molecule has 0 spiro atoms. The minimum absolute atomic E-state index is 0.0321. The van der Waals surface area contributed by atoms with Crippen LogP contribution in [0.15, 0.2) is 48.5 Å². The van der Waals surface area contributed by atoms with Crippen LogP contribution in [0.25, 0.3) is 0 Å². The molecular weight excluding hydrogens is 420 g/mol. The van der Waals surface area contributed by atoms with E-state index < -0.39 is 6.04 Å². The van der Waals surface area contributed by atoms with E-state index in [9.17, 15) is 9.59 Å². The van der Waals surface area contributed by atoms with Gasteiger partial charge in [0.25, 0.3) is 0 Å². The molecule has 0 aliphatic carbocycles. The fourth-order valence-corrected chi connectivity index (χ4v) is 4.39. The Morgan fingerprint density at radius 3 is 2.31 bits per heavy atom. The van der Waals surface area contributed by atoms with Crippen molar-refractivity contribution in [3.05, 3.63) is 65.2 Å². The zero-order valence-corrected chi connectivity index (χ0v) is 20.9. The summed E-state index contributed by atoms with van der Waals surface area (Å²) in [5.41, 5.74) is 3.05. The van der Waals surface area contributed by atoms with Crippen molar-refractivity contribution in [2.45, 2.75) is 64.9 Å². The van der Waals surface area contributed by atoms with Crippen LogP contribution in [0.1, 0.15) is 50.8 Å². The maximum atomic E-state index is 13.3. The van der Waals surface area contributed by atoms with Crippen LogP contribution in [0.3, 0.4) is 0 Å². The summed E-state index contributed by atoms with van der Waals surface area (Å²) in [5, 5.41) is 3.04. The molecule has 0 bridgehead atoms. The molecule has 0 radical (unpaired) electrons. The number of carbonyl (C=O) groups is 2. The van der Waals surface area contributed by atoms with Gasteiger partial charge in [0.15, 0.2) is 0 Å². The number of thioether (sulfide) groups is 1.